The number of hydrogen-bond donors (Lipinski definition) is 0. The Morgan fingerprint density at radius 2 is 1.97 bits per heavy atom. The zero-order valence-corrected chi connectivity index (χ0v) is 18.5. The van der Waals surface area contributed by atoms with Crippen molar-refractivity contribution in [1.82, 2.24) is 14.5 Å². The summed E-state index contributed by atoms with van der Waals surface area (Å²) < 4.78 is 18.7. The number of nitro groups is 1. The predicted molar refractivity (Wildman–Crippen MR) is 123 cm³/mol. The number of benzene rings is 2. The summed E-state index contributed by atoms with van der Waals surface area (Å²) in [4.78, 5) is 31.2. The summed E-state index contributed by atoms with van der Waals surface area (Å²) in [5.41, 5.74) is 1.75. The second kappa shape index (κ2) is 8.97. The maximum Gasteiger partial charge on any atom is 0.348 e. The van der Waals surface area contributed by atoms with E-state index in [1.54, 1.807) is 13.3 Å². The number of nitro benzene ring substituents is 1. The summed E-state index contributed by atoms with van der Waals surface area (Å²) in [5.74, 6) is 1.55. The molecule has 2 aromatic heterocycles. The van der Waals surface area contributed by atoms with Crippen molar-refractivity contribution in [2.75, 3.05) is 7.11 Å². The molecular weight excluding hydrogens is 440 g/mol. The molecule has 0 radical (unpaired) electrons. The van der Waals surface area contributed by atoms with E-state index in [-0.39, 0.29) is 24.2 Å². The topological polar surface area (TPSA) is 123 Å². The minimum Gasteiger partial charge on any atom is -0.493 e. The van der Waals surface area contributed by atoms with Gasteiger partial charge in [0.2, 0.25) is 5.89 Å². The number of non-ortho nitro benzene ring substituents is 1. The van der Waals surface area contributed by atoms with Crippen LogP contribution in [0.3, 0.4) is 0 Å². The first-order valence-electron chi connectivity index (χ1n) is 11.0. The van der Waals surface area contributed by atoms with Crippen molar-refractivity contribution in [3.63, 3.8) is 0 Å². The molecule has 4 aromatic rings. The van der Waals surface area contributed by atoms with Crippen LogP contribution < -0.4 is 15.2 Å². The Balaban J connectivity index is 1.44. The van der Waals surface area contributed by atoms with Gasteiger partial charge in [0, 0.05) is 30.1 Å². The minimum absolute atomic E-state index is 0.0315. The average molecular weight is 462 g/mol. The number of methoxy groups -OCH3 is 1. The summed E-state index contributed by atoms with van der Waals surface area (Å²) in [6.45, 7) is 0.0315. The number of fused-ring (bicyclic) bond motifs is 1. The van der Waals surface area contributed by atoms with Gasteiger partial charge in [0.25, 0.3) is 5.69 Å². The summed E-state index contributed by atoms with van der Waals surface area (Å²) in [6, 6.07) is 9.78. The van der Waals surface area contributed by atoms with Crippen LogP contribution in [0, 0.1) is 10.1 Å². The fourth-order valence-corrected chi connectivity index (χ4v) is 4.14. The van der Waals surface area contributed by atoms with Crippen molar-refractivity contribution in [2.24, 2.45) is 0 Å². The first-order valence-corrected chi connectivity index (χ1v) is 11.0. The molecule has 1 saturated carbocycles. The van der Waals surface area contributed by atoms with Gasteiger partial charge in [-0.25, -0.2) is 14.8 Å². The average Bonchev–Trinajstić information content (AvgIpc) is 3.49. The lowest BCUT2D eigenvalue weighted by Crippen LogP contribution is -2.22. The molecule has 0 spiro atoms. The standard InChI is InChI=1S/C24H22N4O6/c1-32-21-8-6-15(10-22(21)33-18-4-2-3-5-18)16-12-25-24(29)27(13-16)14-23-26-19-11-17(28(30)31)7-9-20(19)34-23/h6-13,18H,2-5,14H2,1H3. The summed E-state index contributed by atoms with van der Waals surface area (Å²) in [7, 11) is 1.60. The van der Waals surface area contributed by atoms with E-state index in [0.717, 1.165) is 31.2 Å². The van der Waals surface area contributed by atoms with Crippen LogP contribution in [-0.2, 0) is 6.54 Å². The molecule has 0 amide bonds. The molecule has 34 heavy (non-hydrogen) atoms. The van der Waals surface area contributed by atoms with Gasteiger partial charge in [0.15, 0.2) is 17.1 Å². The lowest BCUT2D eigenvalue weighted by molar-refractivity contribution is -0.384. The van der Waals surface area contributed by atoms with Crippen LogP contribution in [0.5, 0.6) is 11.5 Å². The molecule has 0 atom stereocenters. The van der Waals surface area contributed by atoms with Crippen molar-refractivity contribution >= 4 is 16.8 Å². The first kappa shape index (κ1) is 21.6. The van der Waals surface area contributed by atoms with Gasteiger partial charge < -0.3 is 13.9 Å². The molecule has 5 rings (SSSR count). The molecule has 10 heteroatoms. The highest BCUT2D eigenvalue weighted by molar-refractivity contribution is 5.75. The van der Waals surface area contributed by atoms with Gasteiger partial charge in [0.05, 0.1) is 18.1 Å². The van der Waals surface area contributed by atoms with E-state index >= 15 is 0 Å². The summed E-state index contributed by atoms with van der Waals surface area (Å²) in [6.07, 6.45) is 7.71. The molecule has 1 aliphatic rings. The molecule has 1 aliphatic carbocycles. The van der Waals surface area contributed by atoms with Crippen LogP contribution in [0.1, 0.15) is 31.6 Å². The molecular formula is C24H22N4O6. The van der Waals surface area contributed by atoms with Crippen LogP contribution in [0.4, 0.5) is 5.69 Å². The van der Waals surface area contributed by atoms with Crippen LogP contribution in [-0.4, -0.2) is 32.7 Å². The van der Waals surface area contributed by atoms with Gasteiger partial charge in [-0.2, -0.15) is 0 Å². The zero-order valence-electron chi connectivity index (χ0n) is 18.5. The Morgan fingerprint density at radius 1 is 1.15 bits per heavy atom. The molecule has 174 valence electrons. The van der Waals surface area contributed by atoms with Gasteiger partial charge in [-0.05, 0) is 49.4 Å². The second-order valence-corrected chi connectivity index (χ2v) is 8.16. The highest BCUT2D eigenvalue weighted by Crippen LogP contribution is 2.35. The zero-order chi connectivity index (χ0) is 23.7. The quantitative estimate of drug-likeness (QED) is 0.294. The van der Waals surface area contributed by atoms with Crippen LogP contribution in [0.2, 0.25) is 0 Å². The van der Waals surface area contributed by atoms with Crippen molar-refractivity contribution in [1.29, 1.82) is 0 Å². The SMILES string of the molecule is COc1ccc(-c2cnc(=O)n(Cc3nc4cc([N+](=O)[O-])ccc4o3)c2)cc1OC1CCCC1. The van der Waals surface area contributed by atoms with E-state index in [2.05, 4.69) is 9.97 Å². The highest BCUT2D eigenvalue weighted by atomic mass is 16.6. The monoisotopic (exact) mass is 462 g/mol. The second-order valence-electron chi connectivity index (χ2n) is 8.16. The summed E-state index contributed by atoms with van der Waals surface area (Å²) >= 11 is 0. The Hall–Kier alpha value is -4.21. The lowest BCUT2D eigenvalue weighted by Gasteiger charge is -2.17. The van der Waals surface area contributed by atoms with E-state index in [1.807, 2.05) is 18.2 Å². The maximum atomic E-state index is 12.4. The Bertz CT molecular complexity index is 1420. The van der Waals surface area contributed by atoms with Crippen molar-refractivity contribution in [3.8, 4) is 22.6 Å². The third kappa shape index (κ3) is 4.34. The van der Waals surface area contributed by atoms with Crippen LogP contribution in [0.15, 0.2) is 58.0 Å². The number of aromatic nitrogens is 3. The molecule has 2 aromatic carbocycles. The molecule has 0 unspecified atom stereocenters. The van der Waals surface area contributed by atoms with Gasteiger partial charge in [-0.1, -0.05) is 6.07 Å². The van der Waals surface area contributed by atoms with Gasteiger partial charge in [-0.3, -0.25) is 14.7 Å². The van der Waals surface area contributed by atoms with E-state index in [4.69, 9.17) is 13.9 Å². The first-order chi connectivity index (χ1) is 16.5. The number of nitrogens with zero attached hydrogens (tertiary/aromatic N) is 4. The van der Waals surface area contributed by atoms with Gasteiger partial charge >= 0.3 is 5.69 Å². The largest absolute Gasteiger partial charge is 0.493 e. The third-order valence-corrected chi connectivity index (χ3v) is 5.88. The van der Waals surface area contributed by atoms with E-state index < -0.39 is 10.6 Å². The van der Waals surface area contributed by atoms with E-state index in [0.29, 0.717) is 28.2 Å². The predicted octanol–water partition coefficient (Wildman–Crippen LogP) is 4.34. The highest BCUT2D eigenvalue weighted by Gasteiger charge is 2.19. The number of hydrogen-bond acceptors (Lipinski definition) is 8. The van der Waals surface area contributed by atoms with Crippen molar-refractivity contribution in [2.45, 2.75) is 38.3 Å². The molecule has 10 nitrogen and oxygen atoms in total. The smallest absolute Gasteiger partial charge is 0.348 e. The molecule has 0 aliphatic heterocycles. The van der Waals surface area contributed by atoms with E-state index in [9.17, 15) is 14.9 Å². The number of oxazole rings is 1. The lowest BCUT2D eigenvalue weighted by atomic mass is 10.1. The van der Waals surface area contributed by atoms with Crippen LogP contribution >= 0.6 is 0 Å². The van der Waals surface area contributed by atoms with Gasteiger partial charge in [-0.15, -0.1) is 0 Å². The maximum absolute atomic E-state index is 12.4. The fourth-order valence-electron chi connectivity index (χ4n) is 4.14. The molecule has 0 bridgehead atoms. The number of rotatable bonds is 7. The third-order valence-electron chi connectivity index (χ3n) is 5.88. The molecule has 1 fully saturated rings. The van der Waals surface area contributed by atoms with Crippen molar-refractivity contribution < 1.29 is 18.8 Å². The Labute approximate surface area is 193 Å². The van der Waals surface area contributed by atoms with Crippen LogP contribution in [0.25, 0.3) is 22.2 Å². The van der Waals surface area contributed by atoms with Gasteiger partial charge in [0.1, 0.15) is 12.1 Å². The molecule has 0 N–H and O–H groups in total. The Morgan fingerprint density at radius 3 is 2.74 bits per heavy atom. The normalized spacial score (nSPS) is 13.9. The molecule has 2 heterocycles. The summed E-state index contributed by atoms with van der Waals surface area (Å²) in [5, 5.41) is 11.0. The number of ether oxygens (including phenoxy) is 2. The van der Waals surface area contributed by atoms with Crippen molar-refractivity contribution in [3.05, 3.63) is 75.3 Å². The minimum atomic E-state index is -0.495. The van der Waals surface area contributed by atoms with E-state index in [1.165, 1.54) is 29.0 Å². The fraction of sp³-hybridized carbons (Fsp3) is 0.292. The Kier molecular flexibility index (Phi) is 5.70. The molecule has 0 saturated heterocycles.